The number of likely N-dealkylation sites (tertiary alicyclic amines) is 1. The van der Waals surface area contributed by atoms with E-state index in [1.165, 1.54) is 5.56 Å². The van der Waals surface area contributed by atoms with Crippen LogP contribution in [0.15, 0.2) is 18.2 Å². The summed E-state index contributed by atoms with van der Waals surface area (Å²) in [7, 11) is 0. The lowest BCUT2D eigenvalue weighted by molar-refractivity contribution is -0.117. The van der Waals surface area contributed by atoms with Crippen molar-refractivity contribution in [2.45, 2.75) is 33.2 Å². The Balaban J connectivity index is 1.99. The molecular formula is C16H25N3O. The summed E-state index contributed by atoms with van der Waals surface area (Å²) in [5, 5.41) is 3.06. The average molecular weight is 275 g/mol. The van der Waals surface area contributed by atoms with E-state index in [4.69, 9.17) is 5.73 Å². The summed E-state index contributed by atoms with van der Waals surface area (Å²) in [6.07, 6.45) is 0.920. The summed E-state index contributed by atoms with van der Waals surface area (Å²) in [6.45, 7) is 8.41. The average Bonchev–Trinajstić information content (AvgIpc) is 2.70. The number of rotatable bonds is 4. The highest BCUT2D eigenvalue weighted by molar-refractivity contribution is 5.93. The number of hydrogen-bond donors (Lipinski definition) is 2. The van der Waals surface area contributed by atoms with Crippen LogP contribution in [-0.2, 0) is 11.2 Å². The summed E-state index contributed by atoms with van der Waals surface area (Å²) in [4.78, 5) is 14.3. The van der Waals surface area contributed by atoms with E-state index in [2.05, 4.69) is 30.1 Å². The lowest BCUT2D eigenvalue weighted by Crippen LogP contribution is -2.34. The molecule has 0 spiro atoms. The number of carbonyl (C=O) groups is 1. The van der Waals surface area contributed by atoms with Gasteiger partial charge in [-0.15, -0.1) is 0 Å². The molecule has 0 aliphatic carbocycles. The van der Waals surface area contributed by atoms with Gasteiger partial charge in [0.25, 0.3) is 0 Å². The van der Waals surface area contributed by atoms with E-state index in [-0.39, 0.29) is 11.9 Å². The van der Waals surface area contributed by atoms with Crippen molar-refractivity contribution in [2.24, 2.45) is 11.7 Å². The van der Waals surface area contributed by atoms with E-state index in [1.807, 2.05) is 19.1 Å². The van der Waals surface area contributed by atoms with Gasteiger partial charge in [-0.3, -0.25) is 9.69 Å². The summed E-state index contributed by atoms with van der Waals surface area (Å²) in [6, 6.07) is 6.32. The van der Waals surface area contributed by atoms with Gasteiger partial charge in [0.1, 0.15) is 0 Å². The molecule has 20 heavy (non-hydrogen) atoms. The van der Waals surface area contributed by atoms with Crippen LogP contribution in [0.4, 0.5) is 5.69 Å². The number of para-hydroxylation sites is 1. The van der Waals surface area contributed by atoms with Crippen molar-refractivity contribution in [2.75, 3.05) is 25.0 Å². The second-order valence-corrected chi connectivity index (χ2v) is 5.85. The molecule has 1 saturated heterocycles. The van der Waals surface area contributed by atoms with Gasteiger partial charge in [-0.1, -0.05) is 32.0 Å². The molecule has 1 aromatic carbocycles. The van der Waals surface area contributed by atoms with Crippen LogP contribution in [0.2, 0.25) is 0 Å². The normalized spacial score (nSPS) is 23.0. The van der Waals surface area contributed by atoms with Crippen molar-refractivity contribution in [1.29, 1.82) is 0 Å². The molecule has 1 aliphatic heterocycles. The van der Waals surface area contributed by atoms with Crippen LogP contribution < -0.4 is 11.1 Å². The predicted octanol–water partition coefficient (Wildman–Crippen LogP) is 1.77. The summed E-state index contributed by atoms with van der Waals surface area (Å²) < 4.78 is 0. The van der Waals surface area contributed by atoms with Crippen LogP contribution in [0.3, 0.4) is 0 Å². The van der Waals surface area contributed by atoms with E-state index in [0.29, 0.717) is 12.5 Å². The maximum atomic E-state index is 12.2. The maximum absolute atomic E-state index is 12.2. The maximum Gasteiger partial charge on any atom is 0.238 e. The number of nitrogens with one attached hydrogen (secondary N) is 1. The van der Waals surface area contributed by atoms with Gasteiger partial charge in [-0.05, 0) is 30.4 Å². The Morgan fingerprint density at radius 3 is 2.80 bits per heavy atom. The smallest absolute Gasteiger partial charge is 0.238 e. The number of amides is 1. The molecule has 4 nitrogen and oxygen atoms in total. The molecule has 3 N–H and O–H groups in total. The molecule has 110 valence electrons. The van der Waals surface area contributed by atoms with Crippen molar-refractivity contribution in [3.63, 3.8) is 0 Å². The number of carbonyl (C=O) groups excluding carboxylic acids is 1. The highest BCUT2D eigenvalue weighted by Crippen LogP contribution is 2.21. The fourth-order valence-corrected chi connectivity index (χ4v) is 2.81. The number of nitrogens with two attached hydrogens (primary N) is 1. The lowest BCUT2D eigenvalue weighted by atomic mass is 10.1. The molecule has 1 aliphatic rings. The topological polar surface area (TPSA) is 58.4 Å². The van der Waals surface area contributed by atoms with E-state index < -0.39 is 0 Å². The van der Waals surface area contributed by atoms with Crippen molar-refractivity contribution in [1.82, 2.24) is 4.90 Å². The van der Waals surface area contributed by atoms with Gasteiger partial charge in [-0.25, -0.2) is 0 Å². The zero-order valence-corrected chi connectivity index (χ0v) is 12.6. The highest BCUT2D eigenvalue weighted by atomic mass is 16.2. The fraction of sp³-hybridized carbons (Fsp3) is 0.562. The first-order valence-electron chi connectivity index (χ1n) is 7.37. The van der Waals surface area contributed by atoms with Gasteiger partial charge >= 0.3 is 0 Å². The molecule has 1 aromatic rings. The summed E-state index contributed by atoms with van der Waals surface area (Å²) in [5.74, 6) is 0.516. The Morgan fingerprint density at radius 1 is 1.45 bits per heavy atom. The van der Waals surface area contributed by atoms with Crippen LogP contribution in [-0.4, -0.2) is 36.5 Å². The first kappa shape index (κ1) is 15.0. The minimum absolute atomic E-state index is 0.0512. The van der Waals surface area contributed by atoms with Crippen molar-refractivity contribution < 1.29 is 4.79 Å². The fourth-order valence-electron chi connectivity index (χ4n) is 2.81. The molecule has 0 aromatic heterocycles. The van der Waals surface area contributed by atoms with Crippen LogP contribution in [0.5, 0.6) is 0 Å². The highest BCUT2D eigenvalue weighted by Gasteiger charge is 2.27. The predicted molar refractivity (Wildman–Crippen MR) is 82.8 cm³/mol. The van der Waals surface area contributed by atoms with E-state index >= 15 is 0 Å². The number of benzene rings is 1. The zero-order valence-electron chi connectivity index (χ0n) is 12.6. The molecule has 4 heteroatoms. The summed E-state index contributed by atoms with van der Waals surface area (Å²) in [5.41, 5.74) is 9.26. The molecule has 0 bridgehead atoms. The molecule has 0 saturated carbocycles. The second kappa shape index (κ2) is 6.37. The lowest BCUT2D eigenvalue weighted by Gasteiger charge is -2.17. The Kier molecular flexibility index (Phi) is 4.78. The van der Waals surface area contributed by atoms with Gasteiger partial charge in [0.05, 0.1) is 6.54 Å². The number of anilines is 1. The minimum Gasteiger partial charge on any atom is -0.326 e. The van der Waals surface area contributed by atoms with Gasteiger partial charge in [0.2, 0.25) is 5.91 Å². The van der Waals surface area contributed by atoms with Crippen LogP contribution in [0.25, 0.3) is 0 Å². The quantitative estimate of drug-likeness (QED) is 0.880. The number of hydrogen-bond acceptors (Lipinski definition) is 3. The van der Waals surface area contributed by atoms with E-state index in [0.717, 1.165) is 30.8 Å². The van der Waals surface area contributed by atoms with Crippen molar-refractivity contribution in [3.05, 3.63) is 29.3 Å². The van der Waals surface area contributed by atoms with Crippen LogP contribution in [0.1, 0.15) is 25.0 Å². The monoisotopic (exact) mass is 275 g/mol. The molecule has 1 fully saturated rings. The molecule has 0 radical (unpaired) electrons. The molecule has 2 atom stereocenters. The standard InChI is InChI=1S/C16H25N3O/c1-4-13-7-5-6-11(2)16(13)18-15(20)10-19-8-12(3)14(17)9-19/h5-7,12,14H,4,8-10,17H2,1-3H3,(H,18,20). The molecule has 1 heterocycles. The third-order valence-electron chi connectivity index (χ3n) is 4.12. The van der Waals surface area contributed by atoms with Crippen molar-refractivity contribution >= 4 is 11.6 Å². The second-order valence-electron chi connectivity index (χ2n) is 5.85. The summed E-state index contributed by atoms with van der Waals surface area (Å²) >= 11 is 0. The Bertz CT molecular complexity index is 477. The first-order chi connectivity index (χ1) is 9.51. The van der Waals surface area contributed by atoms with Crippen molar-refractivity contribution in [3.8, 4) is 0 Å². The molecule has 2 rings (SSSR count). The minimum atomic E-state index is 0.0512. The van der Waals surface area contributed by atoms with Gasteiger partial charge in [0.15, 0.2) is 0 Å². The SMILES string of the molecule is CCc1cccc(C)c1NC(=O)CN1CC(C)C(N)C1. The van der Waals surface area contributed by atoms with Crippen LogP contribution >= 0.6 is 0 Å². The molecule has 1 amide bonds. The van der Waals surface area contributed by atoms with Crippen LogP contribution in [0, 0.1) is 12.8 Å². The van der Waals surface area contributed by atoms with Gasteiger partial charge < -0.3 is 11.1 Å². The van der Waals surface area contributed by atoms with Gasteiger partial charge in [0, 0.05) is 24.8 Å². The van der Waals surface area contributed by atoms with E-state index in [9.17, 15) is 4.79 Å². The van der Waals surface area contributed by atoms with E-state index in [1.54, 1.807) is 0 Å². The third-order valence-corrected chi connectivity index (χ3v) is 4.12. The zero-order chi connectivity index (χ0) is 14.7. The Labute approximate surface area is 121 Å². The molecule has 2 unspecified atom stereocenters. The number of aryl methyl sites for hydroxylation is 2. The Hall–Kier alpha value is -1.39. The Morgan fingerprint density at radius 2 is 2.20 bits per heavy atom. The van der Waals surface area contributed by atoms with Gasteiger partial charge in [-0.2, -0.15) is 0 Å². The number of nitrogens with zero attached hydrogens (tertiary/aromatic N) is 1. The first-order valence-corrected chi connectivity index (χ1v) is 7.37. The molecular weight excluding hydrogens is 250 g/mol. The largest absolute Gasteiger partial charge is 0.326 e. The third kappa shape index (κ3) is 3.38.